The van der Waals surface area contributed by atoms with Crippen molar-refractivity contribution in [1.82, 2.24) is 0 Å². The Hall–Kier alpha value is -0.730. The number of aliphatic imine (C=N–C) groups is 1. The predicted octanol–water partition coefficient (Wildman–Crippen LogP) is 4.43. The lowest BCUT2D eigenvalue weighted by Crippen LogP contribution is -2.24. The lowest BCUT2D eigenvalue weighted by Gasteiger charge is -2.14. The Morgan fingerprint density at radius 3 is 2.62 bits per heavy atom. The Balaban J connectivity index is 0.00000288. The van der Waals surface area contributed by atoms with Crippen LogP contribution in [0.4, 0.5) is 5.69 Å². The predicted molar refractivity (Wildman–Crippen MR) is 111 cm³/mol. The molecule has 0 aromatic heterocycles. The van der Waals surface area contributed by atoms with Crippen LogP contribution in [0, 0.1) is 0 Å². The molecule has 5 nitrogen and oxygen atoms in total. The minimum Gasteiger partial charge on any atom is -0.495 e. The van der Waals surface area contributed by atoms with Crippen LogP contribution in [0.1, 0.15) is 38.5 Å². The minimum atomic E-state index is 0. The van der Waals surface area contributed by atoms with Gasteiger partial charge in [-0.15, -0.1) is 24.0 Å². The molecule has 136 valence electrons. The van der Waals surface area contributed by atoms with Crippen LogP contribution in [0.5, 0.6) is 5.75 Å². The highest BCUT2D eigenvalue weighted by atomic mass is 127. The first kappa shape index (κ1) is 21.3. The van der Waals surface area contributed by atoms with E-state index in [2.05, 4.69) is 10.3 Å². The smallest absolute Gasteiger partial charge is 0.193 e. The highest BCUT2D eigenvalue weighted by Gasteiger charge is 2.11. The van der Waals surface area contributed by atoms with Crippen molar-refractivity contribution in [2.45, 2.75) is 44.6 Å². The summed E-state index contributed by atoms with van der Waals surface area (Å²) in [6.45, 7) is 1.16. The second-order valence-corrected chi connectivity index (χ2v) is 6.13. The molecule has 1 aromatic carbocycles. The van der Waals surface area contributed by atoms with Crippen molar-refractivity contribution < 1.29 is 9.47 Å². The highest BCUT2D eigenvalue weighted by Crippen LogP contribution is 2.27. The summed E-state index contributed by atoms with van der Waals surface area (Å²) < 4.78 is 11.0. The average molecular weight is 468 g/mol. The fraction of sp³-hybridized carbons (Fsp3) is 0.588. The molecule has 1 saturated carbocycles. The quantitative estimate of drug-likeness (QED) is 0.213. The minimum absolute atomic E-state index is 0. The number of hydrogen-bond acceptors (Lipinski definition) is 3. The molecule has 1 fully saturated rings. The number of anilines is 1. The number of hydrogen-bond donors (Lipinski definition) is 2. The molecule has 0 unspecified atom stereocenters. The third-order valence-corrected chi connectivity index (χ3v) is 4.25. The normalized spacial score (nSPS) is 16.2. The third kappa shape index (κ3) is 7.44. The first-order chi connectivity index (χ1) is 11.2. The van der Waals surface area contributed by atoms with Gasteiger partial charge in [-0.2, -0.15) is 0 Å². The Morgan fingerprint density at radius 1 is 1.29 bits per heavy atom. The lowest BCUT2D eigenvalue weighted by atomic mass is 10.1. The molecule has 0 atom stereocenters. The summed E-state index contributed by atoms with van der Waals surface area (Å²) in [5.74, 6) is 0.986. The second-order valence-electron chi connectivity index (χ2n) is 5.73. The molecule has 7 heteroatoms. The molecule has 2 rings (SSSR count). The van der Waals surface area contributed by atoms with Gasteiger partial charge in [0.25, 0.3) is 0 Å². The zero-order valence-electron chi connectivity index (χ0n) is 14.1. The van der Waals surface area contributed by atoms with Crippen molar-refractivity contribution in [3.63, 3.8) is 0 Å². The fourth-order valence-electron chi connectivity index (χ4n) is 2.73. The Kier molecular flexibility index (Phi) is 10.4. The van der Waals surface area contributed by atoms with Crippen molar-refractivity contribution in [2.24, 2.45) is 10.7 Å². The summed E-state index contributed by atoms with van der Waals surface area (Å²) in [7, 11) is 1.58. The van der Waals surface area contributed by atoms with Crippen LogP contribution >= 0.6 is 35.6 Å². The first-order valence-corrected chi connectivity index (χ1v) is 8.59. The summed E-state index contributed by atoms with van der Waals surface area (Å²) >= 11 is 6.07. The van der Waals surface area contributed by atoms with Crippen LogP contribution in [-0.4, -0.2) is 32.3 Å². The third-order valence-electron chi connectivity index (χ3n) is 3.95. The molecule has 0 aliphatic heterocycles. The molecule has 0 amide bonds. The van der Waals surface area contributed by atoms with Crippen molar-refractivity contribution in [3.8, 4) is 5.75 Å². The van der Waals surface area contributed by atoms with Crippen LogP contribution in [0.2, 0.25) is 5.02 Å². The molecule has 1 aliphatic carbocycles. The van der Waals surface area contributed by atoms with Gasteiger partial charge in [-0.3, -0.25) is 4.99 Å². The first-order valence-electron chi connectivity index (χ1n) is 8.21. The summed E-state index contributed by atoms with van der Waals surface area (Å²) in [5.41, 5.74) is 6.66. The van der Waals surface area contributed by atoms with Gasteiger partial charge >= 0.3 is 0 Å². The highest BCUT2D eigenvalue weighted by molar-refractivity contribution is 14.0. The van der Waals surface area contributed by atoms with E-state index >= 15 is 0 Å². The molecule has 3 N–H and O–H groups in total. The summed E-state index contributed by atoms with van der Waals surface area (Å²) in [5, 5.41) is 3.54. The molecule has 0 heterocycles. The number of halogens is 2. The van der Waals surface area contributed by atoms with Gasteiger partial charge in [-0.1, -0.05) is 37.3 Å². The van der Waals surface area contributed by atoms with E-state index in [0.29, 0.717) is 36.0 Å². The molecule has 0 saturated heterocycles. The summed E-state index contributed by atoms with van der Waals surface area (Å²) in [6, 6.07) is 5.38. The van der Waals surface area contributed by atoms with Crippen LogP contribution in [0.15, 0.2) is 23.2 Å². The number of nitrogens with two attached hydrogens (primary N) is 1. The Morgan fingerprint density at radius 2 is 2.00 bits per heavy atom. The number of methoxy groups -OCH3 is 1. The van der Waals surface area contributed by atoms with Gasteiger partial charge < -0.3 is 20.5 Å². The van der Waals surface area contributed by atoms with Gasteiger partial charge in [0.05, 0.1) is 31.4 Å². The number of benzene rings is 1. The maximum absolute atomic E-state index is 6.07. The zero-order chi connectivity index (χ0) is 16.5. The van der Waals surface area contributed by atoms with E-state index in [0.717, 1.165) is 5.69 Å². The SMILES string of the molecule is COc1ccc(NC(N)=NCCOC2CCCCCC2)cc1Cl.I. The van der Waals surface area contributed by atoms with Gasteiger partial charge in [0.2, 0.25) is 0 Å². The van der Waals surface area contributed by atoms with Crippen molar-refractivity contribution >= 4 is 47.2 Å². The van der Waals surface area contributed by atoms with E-state index in [1.54, 1.807) is 19.2 Å². The monoisotopic (exact) mass is 467 g/mol. The molecule has 0 bridgehead atoms. The lowest BCUT2D eigenvalue weighted by molar-refractivity contribution is 0.0487. The van der Waals surface area contributed by atoms with Gasteiger partial charge in [0, 0.05) is 5.69 Å². The maximum atomic E-state index is 6.07. The molecule has 1 aromatic rings. The fourth-order valence-corrected chi connectivity index (χ4v) is 2.98. The molecule has 0 spiro atoms. The van der Waals surface area contributed by atoms with E-state index in [1.165, 1.54) is 38.5 Å². The number of nitrogens with zero attached hydrogens (tertiary/aromatic N) is 1. The van der Waals surface area contributed by atoms with Gasteiger partial charge in [0.15, 0.2) is 5.96 Å². The maximum Gasteiger partial charge on any atom is 0.193 e. The number of ether oxygens (including phenoxy) is 2. The van der Waals surface area contributed by atoms with Gasteiger partial charge in [0.1, 0.15) is 5.75 Å². The van der Waals surface area contributed by atoms with E-state index in [-0.39, 0.29) is 24.0 Å². The largest absolute Gasteiger partial charge is 0.495 e. The van der Waals surface area contributed by atoms with Gasteiger partial charge in [-0.25, -0.2) is 0 Å². The summed E-state index contributed by atoms with van der Waals surface area (Å²) in [4.78, 5) is 4.28. The Bertz CT molecular complexity index is 521. The van der Waals surface area contributed by atoms with Crippen LogP contribution in [-0.2, 0) is 4.74 Å². The molecule has 24 heavy (non-hydrogen) atoms. The van der Waals surface area contributed by atoms with E-state index in [9.17, 15) is 0 Å². The number of nitrogens with one attached hydrogen (secondary N) is 1. The number of rotatable bonds is 6. The summed E-state index contributed by atoms with van der Waals surface area (Å²) in [6.07, 6.45) is 7.94. The van der Waals surface area contributed by atoms with E-state index in [1.807, 2.05) is 6.07 Å². The van der Waals surface area contributed by atoms with Crippen LogP contribution < -0.4 is 15.8 Å². The van der Waals surface area contributed by atoms with Gasteiger partial charge in [-0.05, 0) is 31.0 Å². The molecule has 1 aliphatic rings. The molecular weight excluding hydrogens is 441 g/mol. The standard InChI is InChI=1S/C17H26ClN3O2.HI/c1-22-16-9-8-13(12-15(16)18)21-17(19)20-10-11-23-14-6-4-2-3-5-7-14;/h8-9,12,14H,2-7,10-11H2,1H3,(H3,19,20,21);1H. The van der Waals surface area contributed by atoms with Crippen molar-refractivity contribution in [1.29, 1.82) is 0 Å². The van der Waals surface area contributed by atoms with Crippen molar-refractivity contribution in [3.05, 3.63) is 23.2 Å². The van der Waals surface area contributed by atoms with Crippen LogP contribution in [0.25, 0.3) is 0 Å². The molecule has 0 radical (unpaired) electrons. The van der Waals surface area contributed by atoms with Crippen LogP contribution in [0.3, 0.4) is 0 Å². The van der Waals surface area contributed by atoms with E-state index < -0.39 is 0 Å². The average Bonchev–Trinajstić information content (AvgIpc) is 2.80. The Labute approximate surface area is 166 Å². The van der Waals surface area contributed by atoms with Crippen molar-refractivity contribution in [2.75, 3.05) is 25.6 Å². The topological polar surface area (TPSA) is 68.9 Å². The second kappa shape index (κ2) is 11.8. The zero-order valence-corrected chi connectivity index (χ0v) is 17.2. The molecular formula is C17H27ClIN3O2. The number of guanidine groups is 1. The van der Waals surface area contributed by atoms with E-state index in [4.69, 9.17) is 26.8 Å².